The average molecular weight is 243 g/mol. The summed E-state index contributed by atoms with van der Waals surface area (Å²) < 4.78 is 5.35. The van der Waals surface area contributed by atoms with Gasteiger partial charge in [0, 0.05) is 18.3 Å². The predicted octanol–water partition coefficient (Wildman–Crippen LogP) is 2.67. The lowest BCUT2D eigenvalue weighted by atomic mass is 10.2. The Morgan fingerprint density at radius 3 is 2.67 bits per heavy atom. The first-order valence-corrected chi connectivity index (χ1v) is 5.96. The number of rotatable bonds is 5. The minimum atomic E-state index is 0.619. The molecular formula is C14H17N3O. The molecule has 4 heteroatoms. The number of nitrogen functional groups attached to an aromatic ring is 1. The zero-order chi connectivity index (χ0) is 12.8. The Bertz CT molecular complexity index is 497. The highest BCUT2D eigenvalue weighted by Crippen LogP contribution is 2.13. The molecule has 0 atom stereocenters. The summed E-state index contributed by atoms with van der Waals surface area (Å²) in [6.45, 7) is 3.27. The minimum absolute atomic E-state index is 0.619. The second kappa shape index (κ2) is 5.91. The van der Waals surface area contributed by atoms with E-state index in [0.717, 1.165) is 17.1 Å². The van der Waals surface area contributed by atoms with Crippen molar-refractivity contribution in [1.29, 1.82) is 0 Å². The van der Waals surface area contributed by atoms with E-state index in [1.807, 2.05) is 49.4 Å². The third-order valence-electron chi connectivity index (χ3n) is 2.47. The van der Waals surface area contributed by atoms with Crippen LogP contribution < -0.4 is 15.8 Å². The summed E-state index contributed by atoms with van der Waals surface area (Å²) >= 11 is 0. The van der Waals surface area contributed by atoms with Crippen LogP contribution in [0.4, 0.5) is 11.5 Å². The van der Waals surface area contributed by atoms with Crippen molar-refractivity contribution < 1.29 is 4.74 Å². The first-order valence-electron chi connectivity index (χ1n) is 5.96. The number of anilines is 2. The molecule has 18 heavy (non-hydrogen) atoms. The van der Waals surface area contributed by atoms with Crippen LogP contribution in [0.2, 0.25) is 0 Å². The smallest absolute Gasteiger partial charge is 0.215 e. The molecule has 0 spiro atoms. The first-order chi connectivity index (χ1) is 8.78. The normalized spacial score (nSPS) is 10.1. The lowest BCUT2D eigenvalue weighted by Gasteiger charge is -2.08. The maximum Gasteiger partial charge on any atom is 0.215 e. The summed E-state index contributed by atoms with van der Waals surface area (Å²) in [7, 11) is 0. The Kier molecular flexibility index (Phi) is 4.02. The molecule has 0 radical (unpaired) electrons. The molecule has 0 bridgehead atoms. The van der Waals surface area contributed by atoms with Gasteiger partial charge in [0.05, 0.1) is 6.61 Å². The van der Waals surface area contributed by atoms with Gasteiger partial charge in [-0.1, -0.05) is 18.2 Å². The number of hydrogen-bond acceptors (Lipinski definition) is 4. The Morgan fingerprint density at radius 2 is 1.94 bits per heavy atom. The van der Waals surface area contributed by atoms with E-state index in [2.05, 4.69) is 10.3 Å². The zero-order valence-electron chi connectivity index (χ0n) is 10.4. The Hall–Kier alpha value is -2.23. The van der Waals surface area contributed by atoms with Gasteiger partial charge in [-0.15, -0.1) is 0 Å². The van der Waals surface area contributed by atoms with Crippen LogP contribution in [0.1, 0.15) is 12.5 Å². The van der Waals surface area contributed by atoms with E-state index < -0.39 is 0 Å². The standard InChI is InChI=1S/C14H17N3O/c1-2-18-14-5-3-4-13(17-14)16-10-11-6-8-12(15)9-7-11/h3-9H,2,10,15H2,1H3,(H,16,17). The van der Waals surface area contributed by atoms with Crippen molar-refractivity contribution in [2.45, 2.75) is 13.5 Å². The van der Waals surface area contributed by atoms with Crippen molar-refractivity contribution in [3.8, 4) is 5.88 Å². The molecule has 0 unspecified atom stereocenters. The number of ether oxygens (including phenoxy) is 1. The number of pyridine rings is 1. The van der Waals surface area contributed by atoms with E-state index in [4.69, 9.17) is 10.5 Å². The van der Waals surface area contributed by atoms with Crippen molar-refractivity contribution >= 4 is 11.5 Å². The van der Waals surface area contributed by atoms with Crippen LogP contribution in [0.5, 0.6) is 5.88 Å². The van der Waals surface area contributed by atoms with Crippen molar-refractivity contribution in [3.05, 3.63) is 48.0 Å². The van der Waals surface area contributed by atoms with Gasteiger partial charge in [-0.2, -0.15) is 4.98 Å². The van der Waals surface area contributed by atoms with Crippen LogP contribution in [0.15, 0.2) is 42.5 Å². The van der Waals surface area contributed by atoms with Crippen molar-refractivity contribution in [2.75, 3.05) is 17.7 Å². The molecule has 0 fully saturated rings. The summed E-state index contributed by atoms with van der Waals surface area (Å²) in [5.41, 5.74) is 7.57. The fraction of sp³-hybridized carbons (Fsp3) is 0.214. The molecule has 4 nitrogen and oxygen atoms in total. The van der Waals surface area contributed by atoms with Gasteiger partial charge in [-0.3, -0.25) is 0 Å². The van der Waals surface area contributed by atoms with E-state index in [1.54, 1.807) is 0 Å². The summed E-state index contributed by atoms with van der Waals surface area (Å²) in [5.74, 6) is 1.44. The van der Waals surface area contributed by atoms with Gasteiger partial charge in [0.2, 0.25) is 5.88 Å². The molecule has 0 aliphatic rings. The molecule has 94 valence electrons. The Morgan fingerprint density at radius 1 is 1.17 bits per heavy atom. The summed E-state index contributed by atoms with van der Waals surface area (Å²) in [6, 6.07) is 13.5. The highest BCUT2D eigenvalue weighted by atomic mass is 16.5. The monoisotopic (exact) mass is 243 g/mol. The zero-order valence-corrected chi connectivity index (χ0v) is 10.4. The Balaban J connectivity index is 1.97. The third-order valence-corrected chi connectivity index (χ3v) is 2.47. The third kappa shape index (κ3) is 3.38. The molecule has 0 aliphatic heterocycles. The maximum absolute atomic E-state index is 5.64. The number of nitrogens with zero attached hydrogens (tertiary/aromatic N) is 1. The fourth-order valence-electron chi connectivity index (χ4n) is 1.57. The van der Waals surface area contributed by atoms with Crippen LogP contribution >= 0.6 is 0 Å². The number of aromatic nitrogens is 1. The van der Waals surface area contributed by atoms with E-state index in [0.29, 0.717) is 19.0 Å². The molecular weight excluding hydrogens is 226 g/mol. The Labute approximate surface area is 107 Å². The van der Waals surface area contributed by atoms with E-state index in [1.165, 1.54) is 0 Å². The lowest BCUT2D eigenvalue weighted by molar-refractivity contribution is 0.327. The average Bonchev–Trinajstić information content (AvgIpc) is 2.39. The minimum Gasteiger partial charge on any atom is -0.478 e. The lowest BCUT2D eigenvalue weighted by Crippen LogP contribution is -2.02. The number of hydrogen-bond donors (Lipinski definition) is 2. The molecule has 0 amide bonds. The van der Waals surface area contributed by atoms with E-state index >= 15 is 0 Å². The van der Waals surface area contributed by atoms with Gasteiger partial charge >= 0.3 is 0 Å². The summed E-state index contributed by atoms with van der Waals surface area (Å²) in [6.07, 6.45) is 0. The van der Waals surface area contributed by atoms with Gasteiger partial charge in [-0.25, -0.2) is 0 Å². The summed E-state index contributed by atoms with van der Waals surface area (Å²) in [4.78, 5) is 4.34. The van der Waals surface area contributed by atoms with Gasteiger partial charge in [0.1, 0.15) is 5.82 Å². The van der Waals surface area contributed by atoms with Crippen LogP contribution in [0.3, 0.4) is 0 Å². The molecule has 2 rings (SSSR count). The fourth-order valence-corrected chi connectivity index (χ4v) is 1.57. The molecule has 3 N–H and O–H groups in total. The molecule has 2 aromatic rings. The quantitative estimate of drug-likeness (QED) is 0.793. The van der Waals surface area contributed by atoms with Gasteiger partial charge in [-0.05, 0) is 30.7 Å². The van der Waals surface area contributed by atoms with E-state index in [-0.39, 0.29) is 0 Å². The van der Waals surface area contributed by atoms with Gasteiger partial charge < -0.3 is 15.8 Å². The van der Waals surface area contributed by atoms with Gasteiger partial charge in [0.25, 0.3) is 0 Å². The maximum atomic E-state index is 5.64. The molecule has 1 heterocycles. The highest BCUT2D eigenvalue weighted by Gasteiger charge is 1.98. The summed E-state index contributed by atoms with van der Waals surface area (Å²) in [5, 5.41) is 3.25. The molecule has 0 aliphatic carbocycles. The van der Waals surface area contributed by atoms with Crippen molar-refractivity contribution in [2.24, 2.45) is 0 Å². The molecule has 0 saturated heterocycles. The largest absolute Gasteiger partial charge is 0.478 e. The van der Waals surface area contributed by atoms with Crippen LogP contribution in [-0.2, 0) is 6.54 Å². The van der Waals surface area contributed by atoms with Crippen LogP contribution in [-0.4, -0.2) is 11.6 Å². The number of nitrogens with one attached hydrogen (secondary N) is 1. The molecule has 1 aromatic carbocycles. The number of benzene rings is 1. The second-order valence-electron chi connectivity index (χ2n) is 3.89. The molecule has 0 saturated carbocycles. The first kappa shape index (κ1) is 12.2. The van der Waals surface area contributed by atoms with Crippen molar-refractivity contribution in [1.82, 2.24) is 4.98 Å². The molecule has 1 aromatic heterocycles. The SMILES string of the molecule is CCOc1cccc(NCc2ccc(N)cc2)n1. The predicted molar refractivity (Wildman–Crippen MR) is 73.6 cm³/mol. The van der Waals surface area contributed by atoms with Gasteiger partial charge in [0.15, 0.2) is 0 Å². The van der Waals surface area contributed by atoms with Crippen LogP contribution in [0.25, 0.3) is 0 Å². The topological polar surface area (TPSA) is 60.2 Å². The second-order valence-corrected chi connectivity index (χ2v) is 3.89. The highest BCUT2D eigenvalue weighted by molar-refractivity contribution is 5.42. The van der Waals surface area contributed by atoms with E-state index in [9.17, 15) is 0 Å². The number of nitrogens with two attached hydrogens (primary N) is 1. The van der Waals surface area contributed by atoms with Crippen molar-refractivity contribution in [3.63, 3.8) is 0 Å². The van der Waals surface area contributed by atoms with Crippen LogP contribution in [0, 0.1) is 0 Å².